The average Bonchev–Trinajstić information content (AvgIpc) is 2.81. The van der Waals surface area contributed by atoms with Crippen LogP contribution in [0.15, 0.2) is 18.2 Å². The van der Waals surface area contributed by atoms with Crippen molar-refractivity contribution in [2.75, 3.05) is 13.1 Å². The Morgan fingerprint density at radius 1 is 1.32 bits per heavy atom. The van der Waals surface area contributed by atoms with Gasteiger partial charge in [-0.3, -0.25) is 9.69 Å². The average molecular weight is 269 g/mol. The van der Waals surface area contributed by atoms with Gasteiger partial charge in [-0.2, -0.15) is 0 Å². The van der Waals surface area contributed by atoms with E-state index in [0.717, 1.165) is 12.8 Å². The van der Waals surface area contributed by atoms with Gasteiger partial charge < -0.3 is 5.11 Å². The number of halogens is 2. The number of carboxylic acid groups (broad SMARTS) is 1. The number of aliphatic carboxylic acids is 1. The summed E-state index contributed by atoms with van der Waals surface area (Å²) in [5.74, 6) is -2.43. The lowest BCUT2D eigenvalue weighted by molar-refractivity contribution is -0.140. The fraction of sp³-hybridized carbons (Fsp3) is 0.500. The van der Waals surface area contributed by atoms with Crippen LogP contribution in [0, 0.1) is 11.6 Å². The number of nitrogens with zero attached hydrogens (tertiary/aromatic N) is 1. The van der Waals surface area contributed by atoms with Gasteiger partial charge in [-0.25, -0.2) is 8.78 Å². The van der Waals surface area contributed by atoms with Gasteiger partial charge in [0.25, 0.3) is 0 Å². The minimum Gasteiger partial charge on any atom is -0.481 e. The summed E-state index contributed by atoms with van der Waals surface area (Å²) in [4.78, 5) is 13.0. The van der Waals surface area contributed by atoms with E-state index in [1.54, 1.807) is 6.92 Å². The highest BCUT2D eigenvalue weighted by Crippen LogP contribution is 2.37. The predicted molar refractivity (Wildman–Crippen MR) is 66.8 cm³/mol. The molecule has 104 valence electrons. The molecule has 0 amide bonds. The van der Waals surface area contributed by atoms with Crippen LogP contribution in [-0.2, 0) is 10.3 Å². The minimum atomic E-state index is -1.14. The molecule has 5 heteroatoms. The fourth-order valence-corrected chi connectivity index (χ4v) is 2.88. The van der Waals surface area contributed by atoms with Crippen LogP contribution < -0.4 is 0 Å². The summed E-state index contributed by atoms with van der Waals surface area (Å²) in [5.41, 5.74) is -1.28. The van der Waals surface area contributed by atoms with Gasteiger partial charge in [-0.15, -0.1) is 0 Å². The number of rotatable bonds is 4. The SMILES string of the molecule is CC(CC(=O)O)(c1c(F)cccc1F)N1CCCC1. The molecule has 1 aromatic rings. The van der Waals surface area contributed by atoms with E-state index < -0.39 is 23.1 Å². The Morgan fingerprint density at radius 2 is 1.84 bits per heavy atom. The molecule has 0 saturated carbocycles. The summed E-state index contributed by atoms with van der Waals surface area (Å²) in [6, 6.07) is 3.64. The van der Waals surface area contributed by atoms with Gasteiger partial charge in [0.05, 0.1) is 12.0 Å². The zero-order valence-corrected chi connectivity index (χ0v) is 10.8. The van der Waals surface area contributed by atoms with Crippen LogP contribution in [0.3, 0.4) is 0 Å². The van der Waals surface area contributed by atoms with Gasteiger partial charge in [-0.05, 0) is 45.0 Å². The Kier molecular flexibility index (Phi) is 3.85. The summed E-state index contributed by atoms with van der Waals surface area (Å²) in [5, 5.41) is 9.08. The van der Waals surface area contributed by atoms with E-state index in [-0.39, 0.29) is 12.0 Å². The van der Waals surface area contributed by atoms with Crippen LogP contribution in [0.2, 0.25) is 0 Å². The van der Waals surface area contributed by atoms with E-state index in [1.165, 1.54) is 18.2 Å². The normalized spacial score (nSPS) is 19.3. The van der Waals surface area contributed by atoms with Crippen LogP contribution in [0.5, 0.6) is 0 Å². The molecule has 1 N–H and O–H groups in total. The number of benzene rings is 1. The van der Waals surface area contributed by atoms with Crippen LogP contribution in [0.1, 0.15) is 31.7 Å². The highest BCUT2D eigenvalue weighted by molar-refractivity contribution is 5.69. The Hall–Kier alpha value is -1.49. The molecule has 0 aromatic heterocycles. The summed E-state index contributed by atoms with van der Waals surface area (Å²) in [6.07, 6.45) is 1.53. The molecule has 1 aromatic carbocycles. The molecule has 1 aliphatic rings. The quantitative estimate of drug-likeness (QED) is 0.913. The van der Waals surface area contributed by atoms with Gasteiger partial charge in [0, 0.05) is 5.56 Å². The van der Waals surface area contributed by atoms with Crippen molar-refractivity contribution in [3.8, 4) is 0 Å². The molecule has 1 heterocycles. The molecule has 1 saturated heterocycles. The Bertz CT molecular complexity index is 466. The number of carboxylic acids is 1. The molecule has 1 fully saturated rings. The molecule has 0 bridgehead atoms. The standard InChI is InChI=1S/C14H17F2NO2/c1-14(9-12(18)19,17-7-2-3-8-17)13-10(15)5-4-6-11(13)16/h4-6H,2-3,7-9H2,1H3,(H,18,19). The Balaban J connectivity index is 2.50. The second-order valence-corrected chi connectivity index (χ2v) is 5.14. The lowest BCUT2D eigenvalue weighted by atomic mass is 9.86. The number of likely N-dealkylation sites (tertiary alicyclic amines) is 1. The minimum absolute atomic E-state index is 0.140. The first-order valence-electron chi connectivity index (χ1n) is 6.36. The summed E-state index contributed by atoms with van der Waals surface area (Å²) in [7, 11) is 0. The zero-order chi connectivity index (χ0) is 14.0. The van der Waals surface area contributed by atoms with Crippen LogP contribution in [-0.4, -0.2) is 29.1 Å². The smallest absolute Gasteiger partial charge is 0.305 e. The van der Waals surface area contributed by atoms with Crippen molar-refractivity contribution < 1.29 is 18.7 Å². The predicted octanol–water partition coefficient (Wildman–Crippen LogP) is 2.75. The molecule has 0 radical (unpaired) electrons. The van der Waals surface area contributed by atoms with E-state index in [1.807, 2.05) is 4.90 Å². The maximum Gasteiger partial charge on any atom is 0.305 e. The number of hydrogen-bond acceptors (Lipinski definition) is 2. The molecule has 1 unspecified atom stereocenters. The molecule has 3 nitrogen and oxygen atoms in total. The maximum atomic E-state index is 14.0. The van der Waals surface area contributed by atoms with Crippen molar-refractivity contribution in [3.05, 3.63) is 35.4 Å². The largest absolute Gasteiger partial charge is 0.481 e. The molecule has 1 aliphatic heterocycles. The van der Waals surface area contributed by atoms with Crippen LogP contribution >= 0.6 is 0 Å². The van der Waals surface area contributed by atoms with Crippen molar-refractivity contribution >= 4 is 5.97 Å². The van der Waals surface area contributed by atoms with Gasteiger partial charge in [0.1, 0.15) is 11.6 Å². The van der Waals surface area contributed by atoms with Crippen molar-refractivity contribution in [3.63, 3.8) is 0 Å². The van der Waals surface area contributed by atoms with Crippen molar-refractivity contribution in [1.29, 1.82) is 0 Å². The third kappa shape index (κ3) is 2.61. The second-order valence-electron chi connectivity index (χ2n) is 5.14. The van der Waals surface area contributed by atoms with Gasteiger partial charge in [-0.1, -0.05) is 6.07 Å². The maximum absolute atomic E-state index is 14.0. The lowest BCUT2D eigenvalue weighted by Crippen LogP contribution is -2.45. The summed E-state index contributed by atoms with van der Waals surface area (Å²) >= 11 is 0. The van der Waals surface area contributed by atoms with Crippen molar-refractivity contribution in [2.24, 2.45) is 0 Å². The third-order valence-electron chi connectivity index (χ3n) is 3.80. The molecule has 2 rings (SSSR count). The van der Waals surface area contributed by atoms with E-state index in [2.05, 4.69) is 0 Å². The molecular weight excluding hydrogens is 252 g/mol. The van der Waals surface area contributed by atoms with Gasteiger partial charge in [0.2, 0.25) is 0 Å². The molecular formula is C14H17F2NO2. The van der Waals surface area contributed by atoms with Crippen molar-refractivity contribution in [2.45, 2.75) is 31.7 Å². The summed E-state index contributed by atoms with van der Waals surface area (Å²) in [6.45, 7) is 2.93. The molecule has 19 heavy (non-hydrogen) atoms. The lowest BCUT2D eigenvalue weighted by Gasteiger charge is -2.38. The van der Waals surface area contributed by atoms with Gasteiger partial charge in [0.15, 0.2) is 0 Å². The molecule has 0 spiro atoms. The Labute approximate surface area is 110 Å². The van der Waals surface area contributed by atoms with Crippen LogP contribution in [0.25, 0.3) is 0 Å². The molecule has 1 atom stereocenters. The third-order valence-corrected chi connectivity index (χ3v) is 3.80. The van der Waals surface area contributed by atoms with E-state index in [4.69, 9.17) is 5.11 Å². The molecule has 0 aliphatic carbocycles. The first-order valence-corrected chi connectivity index (χ1v) is 6.36. The van der Waals surface area contributed by atoms with Gasteiger partial charge >= 0.3 is 5.97 Å². The zero-order valence-electron chi connectivity index (χ0n) is 10.8. The fourth-order valence-electron chi connectivity index (χ4n) is 2.88. The first kappa shape index (κ1) is 13.9. The van der Waals surface area contributed by atoms with Crippen molar-refractivity contribution in [1.82, 2.24) is 4.90 Å². The highest BCUT2D eigenvalue weighted by Gasteiger charge is 2.41. The summed E-state index contributed by atoms with van der Waals surface area (Å²) < 4.78 is 28.0. The van der Waals surface area contributed by atoms with Crippen LogP contribution in [0.4, 0.5) is 8.78 Å². The van der Waals surface area contributed by atoms with E-state index in [9.17, 15) is 13.6 Å². The number of hydrogen-bond donors (Lipinski definition) is 1. The Morgan fingerprint density at radius 3 is 2.32 bits per heavy atom. The second kappa shape index (κ2) is 5.25. The number of carbonyl (C=O) groups is 1. The topological polar surface area (TPSA) is 40.5 Å². The van der Waals surface area contributed by atoms with E-state index in [0.29, 0.717) is 13.1 Å². The van der Waals surface area contributed by atoms with E-state index >= 15 is 0 Å². The first-order chi connectivity index (χ1) is 8.95. The monoisotopic (exact) mass is 269 g/mol. The highest BCUT2D eigenvalue weighted by atomic mass is 19.1.